The molecule has 0 bridgehead atoms. The van der Waals surface area contributed by atoms with Crippen molar-refractivity contribution in [2.24, 2.45) is 11.7 Å². The third kappa shape index (κ3) is 8.85. The molecule has 3 heteroatoms. The summed E-state index contributed by atoms with van der Waals surface area (Å²) in [6.45, 7) is 10.8. The largest absolute Gasteiger partial charge is 0.328 e. The minimum atomic E-state index is 0.489. The zero-order valence-corrected chi connectivity index (χ0v) is 10.7. The minimum absolute atomic E-state index is 0.489. The van der Waals surface area contributed by atoms with Gasteiger partial charge < -0.3 is 16.4 Å². The Kier molecular flexibility index (Phi) is 10.3. The van der Waals surface area contributed by atoms with Gasteiger partial charge in [0.1, 0.15) is 0 Å². The van der Waals surface area contributed by atoms with E-state index in [-0.39, 0.29) is 0 Å². The van der Waals surface area contributed by atoms with E-state index in [9.17, 15) is 0 Å². The first-order chi connectivity index (χ1) is 7.24. The van der Waals surface area contributed by atoms with Crippen LogP contribution in [0.3, 0.4) is 0 Å². The predicted molar refractivity (Wildman–Crippen MR) is 68.1 cm³/mol. The summed E-state index contributed by atoms with van der Waals surface area (Å²) in [5, 5.41) is 6.47. The number of hydrogen-bond donors (Lipinski definition) is 3. The lowest BCUT2D eigenvalue weighted by Gasteiger charge is -2.08. The molecule has 0 aromatic rings. The monoisotopic (exact) mass is 215 g/mol. The molecular weight excluding hydrogens is 186 g/mol. The normalized spacial score (nSPS) is 24.8. The second-order valence-corrected chi connectivity index (χ2v) is 4.20. The van der Waals surface area contributed by atoms with Crippen molar-refractivity contribution in [1.29, 1.82) is 0 Å². The fourth-order valence-electron chi connectivity index (χ4n) is 1.90. The van der Waals surface area contributed by atoms with Gasteiger partial charge in [-0.15, -0.1) is 0 Å². The highest BCUT2D eigenvalue weighted by Gasteiger charge is 2.20. The van der Waals surface area contributed by atoms with Gasteiger partial charge in [0.15, 0.2) is 0 Å². The first-order valence-electron chi connectivity index (χ1n) is 6.41. The van der Waals surface area contributed by atoms with E-state index in [1.165, 1.54) is 25.8 Å². The predicted octanol–water partition coefficient (Wildman–Crippen LogP) is 1.34. The van der Waals surface area contributed by atoms with Crippen molar-refractivity contribution in [2.45, 2.75) is 46.1 Å². The molecule has 0 heterocycles. The van der Waals surface area contributed by atoms with Crippen molar-refractivity contribution in [3.8, 4) is 0 Å². The average Bonchev–Trinajstić information content (AvgIpc) is 2.63. The number of rotatable bonds is 5. The van der Waals surface area contributed by atoms with Crippen molar-refractivity contribution in [1.82, 2.24) is 10.6 Å². The molecule has 0 aliphatic heterocycles. The molecule has 1 fully saturated rings. The first-order valence-corrected chi connectivity index (χ1v) is 6.41. The van der Waals surface area contributed by atoms with Gasteiger partial charge in [-0.05, 0) is 51.4 Å². The van der Waals surface area contributed by atoms with Crippen LogP contribution in [0.1, 0.15) is 40.0 Å². The molecule has 0 aromatic heterocycles. The van der Waals surface area contributed by atoms with Crippen molar-refractivity contribution < 1.29 is 0 Å². The Bertz CT molecular complexity index is 126. The summed E-state index contributed by atoms with van der Waals surface area (Å²) >= 11 is 0. The molecule has 0 amide bonds. The van der Waals surface area contributed by atoms with E-state index >= 15 is 0 Å². The number of nitrogens with two attached hydrogens (primary N) is 1. The Morgan fingerprint density at radius 3 is 1.93 bits per heavy atom. The Morgan fingerprint density at radius 2 is 1.60 bits per heavy atom. The lowest BCUT2D eigenvalue weighted by molar-refractivity contribution is 0.491. The van der Waals surface area contributed by atoms with E-state index in [4.69, 9.17) is 5.73 Å². The lowest BCUT2D eigenvalue weighted by atomic mass is 10.1. The van der Waals surface area contributed by atoms with E-state index in [1.807, 2.05) is 0 Å². The molecular formula is C12H29N3. The van der Waals surface area contributed by atoms with Crippen LogP contribution >= 0.6 is 0 Å². The van der Waals surface area contributed by atoms with Crippen molar-refractivity contribution in [3.05, 3.63) is 0 Å². The molecule has 1 rings (SSSR count). The maximum absolute atomic E-state index is 5.77. The molecule has 3 nitrogen and oxygen atoms in total. The standard InChI is InChI=1S/C8H18N2.C4H11N/c1-2-10-6-7-3-4-8(9)5-7;1-3-5-4-2/h7-8,10H,2-6,9H2,1H3;5H,3-4H2,1-2H3. The molecule has 1 aliphatic rings. The summed E-state index contributed by atoms with van der Waals surface area (Å²) < 4.78 is 0. The van der Waals surface area contributed by atoms with Crippen LogP contribution in [0.5, 0.6) is 0 Å². The fraction of sp³-hybridized carbons (Fsp3) is 1.00. The summed E-state index contributed by atoms with van der Waals surface area (Å²) in [5.41, 5.74) is 5.77. The van der Waals surface area contributed by atoms with Crippen LogP contribution in [0, 0.1) is 5.92 Å². The molecule has 0 spiro atoms. The Balaban J connectivity index is 0.000000336. The molecule has 1 saturated carbocycles. The Labute approximate surface area is 95.2 Å². The van der Waals surface area contributed by atoms with Crippen molar-refractivity contribution in [2.75, 3.05) is 26.2 Å². The van der Waals surface area contributed by atoms with Crippen LogP contribution in [-0.4, -0.2) is 32.2 Å². The molecule has 2 unspecified atom stereocenters. The summed E-state index contributed by atoms with van der Waals surface area (Å²) in [5.74, 6) is 0.856. The van der Waals surface area contributed by atoms with Crippen LogP contribution < -0.4 is 16.4 Å². The molecule has 1 aliphatic carbocycles. The smallest absolute Gasteiger partial charge is 0.00420 e. The van der Waals surface area contributed by atoms with Gasteiger partial charge in [0, 0.05) is 6.04 Å². The van der Waals surface area contributed by atoms with Crippen LogP contribution in [-0.2, 0) is 0 Å². The van der Waals surface area contributed by atoms with Gasteiger partial charge in [0.2, 0.25) is 0 Å². The van der Waals surface area contributed by atoms with Gasteiger partial charge in [-0.1, -0.05) is 20.8 Å². The average molecular weight is 215 g/mol. The van der Waals surface area contributed by atoms with Gasteiger partial charge in [0.05, 0.1) is 0 Å². The van der Waals surface area contributed by atoms with Gasteiger partial charge in [-0.25, -0.2) is 0 Å². The maximum atomic E-state index is 5.77. The Morgan fingerprint density at radius 1 is 1.00 bits per heavy atom. The van der Waals surface area contributed by atoms with E-state index in [2.05, 4.69) is 31.4 Å². The van der Waals surface area contributed by atoms with Gasteiger partial charge in [-0.2, -0.15) is 0 Å². The lowest BCUT2D eigenvalue weighted by Crippen LogP contribution is -2.22. The van der Waals surface area contributed by atoms with Gasteiger partial charge >= 0.3 is 0 Å². The van der Waals surface area contributed by atoms with Crippen molar-refractivity contribution >= 4 is 0 Å². The third-order valence-electron chi connectivity index (χ3n) is 2.76. The van der Waals surface area contributed by atoms with Crippen molar-refractivity contribution in [3.63, 3.8) is 0 Å². The number of hydrogen-bond acceptors (Lipinski definition) is 3. The second-order valence-electron chi connectivity index (χ2n) is 4.20. The summed E-state index contributed by atoms with van der Waals surface area (Å²) in [6.07, 6.45) is 3.79. The second kappa shape index (κ2) is 10.4. The van der Waals surface area contributed by atoms with Crippen LogP contribution in [0.2, 0.25) is 0 Å². The molecule has 2 atom stereocenters. The highest BCUT2D eigenvalue weighted by molar-refractivity contribution is 4.78. The van der Waals surface area contributed by atoms with E-state index in [1.54, 1.807) is 0 Å². The van der Waals surface area contributed by atoms with E-state index < -0.39 is 0 Å². The van der Waals surface area contributed by atoms with Crippen LogP contribution in [0.25, 0.3) is 0 Å². The molecule has 0 radical (unpaired) electrons. The summed E-state index contributed by atoms with van der Waals surface area (Å²) in [7, 11) is 0. The zero-order chi connectivity index (χ0) is 11.5. The van der Waals surface area contributed by atoms with E-state index in [0.717, 1.165) is 25.6 Å². The molecule has 0 saturated heterocycles. The zero-order valence-electron chi connectivity index (χ0n) is 10.7. The van der Waals surface area contributed by atoms with E-state index in [0.29, 0.717) is 6.04 Å². The summed E-state index contributed by atoms with van der Waals surface area (Å²) in [6, 6.07) is 0.489. The highest BCUT2D eigenvalue weighted by Crippen LogP contribution is 2.22. The maximum Gasteiger partial charge on any atom is 0.00420 e. The first kappa shape index (κ1) is 14.9. The van der Waals surface area contributed by atoms with Crippen LogP contribution in [0.4, 0.5) is 0 Å². The highest BCUT2D eigenvalue weighted by atomic mass is 14.9. The molecule has 0 aromatic carbocycles. The topological polar surface area (TPSA) is 50.1 Å². The fourth-order valence-corrected chi connectivity index (χ4v) is 1.90. The summed E-state index contributed by atoms with van der Waals surface area (Å²) in [4.78, 5) is 0. The van der Waals surface area contributed by atoms with Gasteiger partial charge in [-0.3, -0.25) is 0 Å². The Hall–Kier alpha value is -0.120. The molecule has 4 N–H and O–H groups in total. The van der Waals surface area contributed by atoms with Crippen LogP contribution in [0.15, 0.2) is 0 Å². The van der Waals surface area contributed by atoms with Gasteiger partial charge in [0.25, 0.3) is 0 Å². The molecule has 92 valence electrons. The molecule has 15 heavy (non-hydrogen) atoms. The third-order valence-corrected chi connectivity index (χ3v) is 2.76. The number of nitrogens with one attached hydrogen (secondary N) is 2. The quantitative estimate of drug-likeness (QED) is 0.649. The SMILES string of the molecule is CCNCC.CCNCC1CCC(N)C1. The minimum Gasteiger partial charge on any atom is -0.328 e.